The predicted octanol–water partition coefficient (Wildman–Crippen LogP) is 4.33. The first kappa shape index (κ1) is 22.1. The zero-order chi connectivity index (χ0) is 23.7. The van der Waals surface area contributed by atoms with E-state index in [0.717, 1.165) is 23.3 Å². The Morgan fingerprint density at radius 3 is 2.30 bits per heavy atom. The molecule has 2 heterocycles. The van der Waals surface area contributed by atoms with Gasteiger partial charge in [0, 0.05) is 23.1 Å². The van der Waals surface area contributed by atoms with E-state index in [-0.39, 0.29) is 29.0 Å². The Hall–Kier alpha value is -4.13. The summed E-state index contributed by atoms with van der Waals surface area (Å²) in [6.07, 6.45) is 1.35. The van der Waals surface area contributed by atoms with E-state index in [1.807, 2.05) is 32.0 Å². The molecule has 1 N–H and O–H groups in total. The average molecular weight is 443 g/mol. The fourth-order valence-corrected chi connectivity index (χ4v) is 3.80. The summed E-state index contributed by atoms with van der Waals surface area (Å²) in [6.45, 7) is 5.52. The van der Waals surface area contributed by atoms with Crippen LogP contribution < -0.4 is 10.7 Å². The summed E-state index contributed by atoms with van der Waals surface area (Å²) < 4.78 is 14.8. The highest BCUT2D eigenvalue weighted by molar-refractivity contribution is 6.10. The van der Waals surface area contributed by atoms with Gasteiger partial charge >= 0.3 is 0 Å². The first-order valence-electron chi connectivity index (χ1n) is 10.4. The second-order valence-electron chi connectivity index (χ2n) is 8.08. The normalized spacial score (nSPS) is 10.9. The summed E-state index contributed by atoms with van der Waals surface area (Å²) in [5.74, 6) is -1.36. The molecule has 0 saturated heterocycles. The van der Waals surface area contributed by atoms with Crippen molar-refractivity contribution in [2.45, 2.75) is 27.3 Å². The van der Waals surface area contributed by atoms with Gasteiger partial charge in [-0.3, -0.25) is 14.4 Å². The highest BCUT2D eigenvalue weighted by Gasteiger charge is 2.19. The molecule has 0 radical (unpaired) electrons. The fourth-order valence-electron chi connectivity index (χ4n) is 3.80. The Balaban J connectivity index is 1.76. The number of halogens is 1. The summed E-state index contributed by atoms with van der Waals surface area (Å²) in [5, 5.41) is 3.09. The lowest BCUT2D eigenvalue weighted by Gasteiger charge is -2.14. The fraction of sp³-hybridized carbons (Fsp3) is 0.154. The van der Waals surface area contributed by atoms with Gasteiger partial charge in [0.2, 0.25) is 11.3 Å². The standard InChI is InChI=1S/C26H22FN3O3/c1-15-10-16(2)12-20(11-15)29-23(31)14-30-13-22(24(32)18-5-7-19(27)8-6-18)25(33)21-9-4-17(3)28-26(21)30/h4-13H,14H2,1-3H3,(H,29,31). The first-order chi connectivity index (χ1) is 15.7. The molecule has 0 fully saturated rings. The molecule has 0 unspecified atom stereocenters. The lowest BCUT2D eigenvalue weighted by molar-refractivity contribution is -0.116. The largest absolute Gasteiger partial charge is 0.325 e. The quantitative estimate of drug-likeness (QED) is 0.466. The molecule has 4 rings (SSSR count). The molecule has 0 bridgehead atoms. The lowest BCUT2D eigenvalue weighted by Crippen LogP contribution is -2.25. The Kier molecular flexibility index (Phi) is 5.87. The van der Waals surface area contributed by atoms with E-state index in [4.69, 9.17) is 0 Å². The summed E-state index contributed by atoms with van der Waals surface area (Å²) in [6, 6.07) is 14.0. The first-order valence-corrected chi connectivity index (χ1v) is 10.4. The maximum Gasteiger partial charge on any atom is 0.244 e. The van der Waals surface area contributed by atoms with Gasteiger partial charge in [0.15, 0.2) is 5.78 Å². The van der Waals surface area contributed by atoms with Crippen molar-refractivity contribution >= 4 is 28.4 Å². The van der Waals surface area contributed by atoms with Crippen molar-refractivity contribution in [2.75, 3.05) is 5.32 Å². The summed E-state index contributed by atoms with van der Waals surface area (Å²) >= 11 is 0. The van der Waals surface area contributed by atoms with Crippen LogP contribution in [-0.2, 0) is 11.3 Å². The van der Waals surface area contributed by atoms with E-state index < -0.39 is 17.0 Å². The third-order valence-corrected chi connectivity index (χ3v) is 5.23. The van der Waals surface area contributed by atoms with Gasteiger partial charge < -0.3 is 9.88 Å². The van der Waals surface area contributed by atoms with E-state index in [0.29, 0.717) is 17.0 Å². The number of aromatic nitrogens is 2. The van der Waals surface area contributed by atoms with Crippen LogP contribution in [0.1, 0.15) is 32.7 Å². The van der Waals surface area contributed by atoms with E-state index in [1.165, 1.54) is 22.9 Å². The topological polar surface area (TPSA) is 81.1 Å². The molecule has 0 spiro atoms. The number of hydrogen-bond acceptors (Lipinski definition) is 4. The number of rotatable bonds is 5. The summed E-state index contributed by atoms with van der Waals surface area (Å²) in [7, 11) is 0. The van der Waals surface area contributed by atoms with Crippen LogP contribution >= 0.6 is 0 Å². The number of benzene rings is 2. The molecule has 4 aromatic rings. The molecule has 2 aromatic carbocycles. The Bertz CT molecular complexity index is 1440. The predicted molar refractivity (Wildman–Crippen MR) is 125 cm³/mol. The summed E-state index contributed by atoms with van der Waals surface area (Å²) in [5.41, 5.74) is 3.26. The maximum absolute atomic E-state index is 13.3. The zero-order valence-corrected chi connectivity index (χ0v) is 18.5. The van der Waals surface area contributed by atoms with Gasteiger partial charge in [-0.05, 0) is 80.4 Å². The number of fused-ring (bicyclic) bond motifs is 1. The smallest absolute Gasteiger partial charge is 0.244 e. The van der Waals surface area contributed by atoms with Gasteiger partial charge in [-0.2, -0.15) is 0 Å². The van der Waals surface area contributed by atoms with Gasteiger partial charge in [-0.15, -0.1) is 0 Å². The molecule has 7 heteroatoms. The van der Waals surface area contributed by atoms with Crippen molar-refractivity contribution in [2.24, 2.45) is 0 Å². The van der Waals surface area contributed by atoms with E-state index in [2.05, 4.69) is 10.3 Å². The van der Waals surface area contributed by atoms with Crippen LogP contribution in [0.4, 0.5) is 10.1 Å². The van der Waals surface area contributed by atoms with Crippen LogP contribution in [0, 0.1) is 26.6 Å². The van der Waals surface area contributed by atoms with Crippen LogP contribution in [0.5, 0.6) is 0 Å². The van der Waals surface area contributed by atoms with E-state index >= 15 is 0 Å². The van der Waals surface area contributed by atoms with Crippen molar-refractivity contribution in [3.63, 3.8) is 0 Å². The number of ketones is 1. The van der Waals surface area contributed by atoms with Gasteiger partial charge in [0.25, 0.3) is 0 Å². The number of carbonyl (C=O) groups excluding carboxylic acids is 2. The SMILES string of the molecule is Cc1cc(C)cc(NC(=O)Cn2cc(C(=O)c3ccc(F)cc3)c(=O)c3ccc(C)nc32)c1. The van der Waals surface area contributed by atoms with Crippen LogP contribution in [0.15, 0.2) is 65.6 Å². The molecule has 0 aliphatic heterocycles. The zero-order valence-electron chi connectivity index (χ0n) is 18.5. The van der Waals surface area contributed by atoms with E-state index in [9.17, 15) is 18.8 Å². The van der Waals surface area contributed by atoms with Crippen molar-refractivity contribution < 1.29 is 14.0 Å². The van der Waals surface area contributed by atoms with Gasteiger partial charge in [0.1, 0.15) is 18.0 Å². The van der Waals surface area contributed by atoms with Gasteiger partial charge in [-0.1, -0.05) is 6.07 Å². The molecule has 0 atom stereocenters. The van der Waals surface area contributed by atoms with Crippen molar-refractivity contribution in [3.8, 4) is 0 Å². The molecule has 6 nitrogen and oxygen atoms in total. The highest BCUT2D eigenvalue weighted by atomic mass is 19.1. The molecule has 166 valence electrons. The van der Waals surface area contributed by atoms with Gasteiger partial charge in [-0.25, -0.2) is 9.37 Å². The Morgan fingerprint density at radius 2 is 1.64 bits per heavy atom. The molecule has 0 saturated carbocycles. The number of aryl methyl sites for hydroxylation is 3. The third-order valence-electron chi connectivity index (χ3n) is 5.23. The molecule has 0 aliphatic carbocycles. The molecular weight excluding hydrogens is 421 g/mol. The average Bonchev–Trinajstić information content (AvgIpc) is 2.75. The third kappa shape index (κ3) is 4.72. The van der Waals surface area contributed by atoms with E-state index in [1.54, 1.807) is 19.1 Å². The molecular formula is C26H22FN3O3. The number of pyridine rings is 2. The number of nitrogens with zero attached hydrogens (tertiary/aromatic N) is 2. The van der Waals surface area contributed by atoms with Crippen molar-refractivity contribution in [1.82, 2.24) is 9.55 Å². The number of anilines is 1. The Labute approximate surface area is 189 Å². The van der Waals surface area contributed by atoms with Crippen LogP contribution in [0.2, 0.25) is 0 Å². The molecule has 2 aromatic heterocycles. The number of amides is 1. The monoisotopic (exact) mass is 443 g/mol. The second kappa shape index (κ2) is 8.78. The number of hydrogen-bond donors (Lipinski definition) is 1. The van der Waals surface area contributed by atoms with Crippen molar-refractivity contribution in [3.05, 3.63) is 105 Å². The van der Waals surface area contributed by atoms with Crippen LogP contribution in [0.3, 0.4) is 0 Å². The minimum absolute atomic E-state index is 0.112. The summed E-state index contributed by atoms with van der Waals surface area (Å²) in [4.78, 5) is 43.4. The Morgan fingerprint density at radius 1 is 0.970 bits per heavy atom. The van der Waals surface area contributed by atoms with Crippen molar-refractivity contribution in [1.29, 1.82) is 0 Å². The minimum Gasteiger partial charge on any atom is -0.325 e. The molecule has 0 aliphatic rings. The lowest BCUT2D eigenvalue weighted by atomic mass is 10.0. The highest BCUT2D eigenvalue weighted by Crippen LogP contribution is 2.16. The molecule has 1 amide bonds. The maximum atomic E-state index is 13.3. The minimum atomic E-state index is -0.550. The number of nitrogens with one attached hydrogen (secondary N) is 1. The van der Waals surface area contributed by atoms with Crippen LogP contribution in [0.25, 0.3) is 11.0 Å². The van der Waals surface area contributed by atoms with Gasteiger partial charge in [0.05, 0.1) is 10.9 Å². The second-order valence-corrected chi connectivity index (χ2v) is 8.08. The molecule has 33 heavy (non-hydrogen) atoms. The number of carbonyl (C=O) groups is 2. The van der Waals surface area contributed by atoms with Crippen LogP contribution in [-0.4, -0.2) is 21.2 Å².